The Hall–Kier alpha value is -1.49. The lowest BCUT2D eigenvalue weighted by Gasteiger charge is -2.04. The van der Waals surface area contributed by atoms with E-state index in [0.29, 0.717) is 17.5 Å². The van der Waals surface area contributed by atoms with Crippen molar-refractivity contribution in [2.45, 2.75) is 24.5 Å². The summed E-state index contributed by atoms with van der Waals surface area (Å²) in [5, 5.41) is 7.71. The Kier molecular flexibility index (Phi) is 3.14. The molecular weight excluding hydrogens is 222 g/mol. The van der Waals surface area contributed by atoms with Crippen LogP contribution in [-0.2, 0) is 5.75 Å². The summed E-state index contributed by atoms with van der Waals surface area (Å²) in [7, 11) is 0. The van der Waals surface area contributed by atoms with Crippen molar-refractivity contribution in [1.29, 1.82) is 0 Å². The second kappa shape index (κ2) is 4.57. The van der Waals surface area contributed by atoms with E-state index in [-0.39, 0.29) is 0 Å². The van der Waals surface area contributed by atoms with Gasteiger partial charge in [0.25, 0.3) is 0 Å². The molecule has 0 fully saturated rings. The summed E-state index contributed by atoms with van der Waals surface area (Å²) in [6.07, 6.45) is 0. The summed E-state index contributed by atoms with van der Waals surface area (Å²) in [4.78, 5) is 1.05. The van der Waals surface area contributed by atoms with Crippen molar-refractivity contribution in [2.75, 3.05) is 5.73 Å². The first-order chi connectivity index (χ1) is 7.65. The molecule has 1 heterocycles. The number of benzene rings is 1. The van der Waals surface area contributed by atoms with E-state index in [9.17, 15) is 0 Å². The summed E-state index contributed by atoms with van der Waals surface area (Å²) >= 11 is 1.61. The molecule has 2 aromatic rings. The van der Waals surface area contributed by atoms with Crippen molar-refractivity contribution in [3.63, 3.8) is 0 Å². The van der Waals surface area contributed by atoms with Crippen molar-refractivity contribution in [3.8, 4) is 0 Å². The van der Waals surface area contributed by atoms with E-state index in [2.05, 4.69) is 16.3 Å². The monoisotopic (exact) mass is 235 g/mol. The lowest BCUT2D eigenvalue weighted by atomic mass is 10.2. The number of nitrogens with zero attached hydrogens (tertiary/aromatic N) is 2. The minimum Gasteiger partial charge on any atom is -0.425 e. The molecule has 0 aliphatic rings. The fraction of sp³-hybridized carbons (Fsp3) is 0.273. The maximum absolute atomic E-state index is 5.87. The zero-order chi connectivity index (χ0) is 11.5. The van der Waals surface area contributed by atoms with E-state index < -0.39 is 0 Å². The average Bonchev–Trinajstić information content (AvgIpc) is 2.66. The number of aromatic nitrogens is 2. The van der Waals surface area contributed by atoms with Crippen LogP contribution < -0.4 is 5.73 Å². The molecule has 0 aliphatic heterocycles. The van der Waals surface area contributed by atoms with Crippen LogP contribution in [0.15, 0.2) is 27.5 Å². The Balaban J connectivity index is 2.07. The normalized spacial score (nSPS) is 10.6. The molecule has 5 heteroatoms. The first-order valence-corrected chi connectivity index (χ1v) is 5.91. The van der Waals surface area contributed by atoms with Gasteiger partial charge in [-0.3, -0.25) is 0 Å². The van der Waals surface area contributed by atoms with Gasteiger partial charge >= 0.3 is 0 Å². The molecule has 0 radical (unpaired) electrons. The molecule has 0 amide bonds. The smallest absolute Gasteiger partial charge is 0.226 e. The number of nitrogen functional groups attached to an aromatic ring is 1. The number of anilines is 1. The van der Waals surface area contributed by atoms with E-state index in [1.165, 1.54) is 5.56 Å². The lowest BCUT2D eigenvalue weighted by Crippen LogP contribution is -1.90. The molecule has 0 saturated heterocycles. The first-order valence-electron chi connectivity index (χ1n) is 4.93. The largest absolute Gasteiger partial charge is 0.425 e. The molecule has 0 bridgehead atoms. The predicted octanol–water partition coefficient (Wildman–Crippen LogP) is 2.56. The minimum atomic E-state index is 0.591. The topological polar surface area (TPSA) is 64.9 Å². The van der Waals surface area contributed by atoms with Crippen LogP contribution in [0.4, 0.5) is 5.69 Å². The molecule has 0 aliphatic carbocycles. The molecule has 16 heavy (non-hydrogen) atoms. The third-order valence-electron chi connectivity index (χ3n) is 2.09. The van der Waals surface area contributed by atoms with Gasteiger partial charge in [-0.15, -0.1) is 22.0 Å². The van der Waals surface area contributed by atoms with Crippen LogP contribution in [0.1, 0.15) is 17.3 Å². The fourth-order valence-corrected chi connectivity index (χ4v) is 2.20. The zero-order valence-corrected chi connectivity index (χ0v) is 10.0. The van der Waals surface area contributed by atoms with E-state index in [4.69, 9.17) is 10.2 Å². The standard InChI is InChI=1S/C11H13N3OS/c1-7-3-4-9(12)10(5-7)16-6-11-14-13-8(2)15-11/h3-5H,6,12H2,1-2H3. The summed E-state index contributed by atoms with van der Waals surface area (Å²) in [5.41, 5.74) is 7.85. The Morgan fingerprint density at radius 2 is 2.12 bits per heavy atom. The SMILES string of the molecule is Cc1ccc(N)c(SCc2nnc(C)o2)c1. The fourth-order valence-electron chi connectivity index (χ4n) is 1.30. The molecule has 1 aromatic heterocycles. The van der Waals surface area contributed by atoms with Crippen LogP contribution in [0.2, 0.25) is 0 Å². The number of hydrogen-bond acceptors (Lipinski definition) is 5. The Morgan fingerprint density at radius 1 is 1.31 bits per heavy atom. The van der Waals surface area contributed by atoms with E-state index in [0.717, 1.165) is 10.6 Å². The molecule has 2 rings (SSSR count). The highest BCUT2D eigenvalue weighted by molar-refractivity contribution is 7.98. The molecule has 0 unspecified atom stereocenters. The van der Waals surface area contributed by atoms with Crippen molar-refractivity contribution in [2.24, 2.45) is 0 Å². The molecule has 84 valence electrons. The Morgan fingerprint density at radius 3 is 2.81 bits per heavy atom. The second-order valence-corrected chi connectivity index (χ2v) is 4.56. The number of rotatable bonds is 3. The third-order valence-corrected chi connectivity index (χ3v) is 3.14. The minimum absolute atomic E-state index is 0.591. The highest BCUT2D eigenvalue weighted by Gasteiger charge is 2.05. The maximum Gasteiger partial charge on any atom is 0.226 e. The molecule has 1 aromatic carbocycles. The number of aryl methyl sites for hydroxylation is 2. The highest BCUT2D eigenvalue weighted by atomic mass is 32.2. The quantitative estimate of drug-likeness (QED) is 0.654. The van der Waals surface area contributed by atoms with Gasteiger partial charge < -0.3 is 10.2 Å². The molecule has 0 spiro atoms. The van der Waals surface area contributed by atoms with Crippen LogP contribution >= 0.6 is 11.8 Å². The predicted molar refractivity (Wildman–Crippen MR) is 64.2 cm³/mol. The number of nitrogens with two attached hydrogens (primary N) is 1. The van der Waals surface area contributed by atoms with Crippen LogP contribution in [0.3, 0.4) is 0 Å². The number of hydrogen-bond donors (Lipinski definition) is 1. The molecule has 0 atom stereocenters. The molecule has 4 nitrogen and oxygen atoms in total. The molecule has 2 N–H and O–H groups in total. The van der Waals surface area contributed by atoms with Gasteiger partial charge in [0.15, 0.2) is 0 Å². The number of thioether (sulfide) groups is 1. The molecule has 0 saturated carbocycles. The summed E-state index contributed by atoms with van der Waals surface area (Å²) in [5.74, 6) is 1.87. The average molecular weight is 235 g/mol. The summed E-state index contributed by atoms with van der Waals surface area (Å²) in [6.45, 7) is 3.82. The van der Waals surface area contributed by atoms with E-state index in [1.54, 1.807) is 18.7 Å². The summed E-state index contributed by atoms with van der Waals surface area (Å²) in [6, 6.07) is 5.97. The van der Waals surface area contributed by atoms with E-state index >= 15 is 0 Å². The van der Waals surface area contributed by atoms with Crippen LogP contribution in [-0.4, -0.2) is 10.2 Å². The van der Waals surface area contributed by atoms with Gasteiger partial charge in [0, 0.05) is 17.5 Å². The van der Waals surface area contributed by atoms with Crippen molar-refractivity contribution in [1.82, 2.24) is 10.2 Å². The second-order valence-electron chi connectivity index (χ2n) is 3.54. The first kappa shape index (κ1) is 11.0. The van der Waals surface area contributed by atoms with E-state index in [1.807, 2.05) is 19.1 Å². The maximum atomic E-state index is 5.87. The van der Waals surface area contributed by atoms with Gasteiger partial charge in [-0.05, 0) is 24.6 Å². The zero-order valence-electron chi connectivity index (χ0n) is 9.23. The Labute approximate surface area is 98.2 Å². The van der Waals surface area contributed by atoms with Crippen molar-refractivity contribution < 1.29 is 4.42 Å². The highest BCUT2D eigenvalue weighted by Crippen LogP contribution is 2.28. The third kappa shape index (κ3) is 2.55. The van der Waals surface area contributed by atoms with Crippen LogP contribution in [0, 0.1) is 13.8 Å². The van der Waals surface area contributed by atoms with Crippen LogP contribution in [0.25, 0.3) is 0 Å². The molecular formula is C11H13N3OS. The lowest BCUT2D eigenvalue weighted by molar-refractivity contribution is 0.485. The van der Waals surface area contributed by atoms with Crippen molar-refractivity contribution >= 4 is 17.4 Å². The van der Waals surface area contributed by atoms with Crippen LogP contribution in [0.5, 0.6) is 0 Å². The Bertz CT molecular complexity index is 496. The van der Waals surface area contributed by atoms with Crippen molar-refractivity contribution in [3.05, 3.63) is 35.5 Å². The summed E-state index contributed by atoms with van der Waals surface area (Å²) < 4.78 is 5.29. The van der Waals surface area contributed by atoms with Gasteiger partial charge in [-0.2, -0.15) is 0 Å². The van der Waals surface area contributed by atoms with Gasteiger partial charge in [0.2, 0.25) is 11.8 Å². The van der Waals surface area contributed by atoms with Gasteiger partial charge in [0.1, 0.15) is 0 Å². The van der Waals surface area contributed by atoms with Gasteiger partial charge in [-0.1, -0.05) is 6.07 Å². The van der Waals surface area contributed by atoms with Gasteiger partial charge in [-0.25, -0.2) is 0 Å². The van der Waals surface area contributed by atoms with Gasteiger partial charge in [0.05, 0.1) is 5.75 Å².